The lowest BCUT2D eigenvalue weighted by Crippen LogP contribution is -2.27. The molecule has 0 aliphatic rings. The van der Waals surface area contributed by atoms with Crippen LogP contribution in [0.25, 0.3) is 0 Å². The van der Waals surface area contributed by atoms with Crippen LogP contribution in [0.4, 0.5) is 8.78 Å². The number of carboxylic acid groups (broad SMARTS) is 1. The fraction of sp³-hybridized carbons (Fsp3) is 0.111. The average Bonchev–Trinajstić information content (AvgIpc) is 2.22. The lowest BCUT2D eigenvalue weighted by molar-refractivity contribution is -0.144. The normalized spacial score (nSPS) is 10.1. The first-order valence-corrected chi connectivity index (χ1v) is 4.58. The number of aliphatic carboxylic acids is 1. The van der Waals surface area contributed by atoms with E-state index < -0.39 is 40.7 Å². The van der Waals surface area contributed by atoms with Gasteiger partial charge < -0.3 is 5.11 Å². The molecule has 17 heavy (non-hydrogen) atoms. The minimum Gasteiger partial charge on any atom is -0.479 e. The molecule has 1 aromatic rings. The van der Waals surface area contributed by atoms with Crippen LogP contribution in [-0.4, -0.2) is 23.6 Å². The van der Waals surface area contributed by atoms with Crippen molar-refractivity contribution in [2.75, 3.05) is 6.61 Å². The van der Waals surface area contributed by atoms with E-state index in [-0.39, 0.29) is 0 Å². The van der Waals surface area contributed by atoms with Gasteiger partial charge in [-0.15, -0.1) is 0 Å². The first kappa shape index (κ1) is 13.3. The molecule has 0 saturated carbocycles. The minimum absolute atomic E-state index is 0.467. The quantitative estimate of drug-likeness (QED) is 0.637. The highest BCUT2D eigenvalue weighted by Gasteiger charge is 2.15. The highest BCUT2D eigenvalue weighted by molar-refractivity contribution is 6.30. The Labute approximate surface area is 98.9 Å². The van der Waals surface area contributed by atoms with E-state index in [0.717, 1.165) is 0 Å². The number of hydrogen-bond donors (Lipinski definition) is 2. The Morgan fingerprint density at radius 1 is 1.35 bits per heavy atom. The molecule has 1 amide bonds. The van der Waals surface area contributed by atoms with Crippen LogP contribution >= 0.6 is 11.6 Å². The summed E-state index contributed by atoms with van der Waals surface area (Å²) in [5.41, 5.74) is 1.01. The van der Waals surface area contributed by atoms with Gasteiger partial charge in [0, 0.05) is 0 Å². The molecule has 0 atom stereocenters. The van der Waals surface area contributed by atoms with Crippen LogP contribution < -0.4 is 5.48 Å². The van der Waals surface area contributed by atoms with E-state index in [2.05, 4.69) is 4.84 Å². The Bertz CT molecular complexity index is 467. The van der Waals surface area contributed by atoms with E-state index >= 15 is 0 Å². The highest BCUT2D eigenvalue weighted by Crippen LogP contribution is 2.19. The van der Waals surface area contributed by atoms with Gasteiger partial charge in [0.1, 0.15) is 11.6 Å². The fourth-order valence-corrected chi connectivity index (χ4v) is 1.07. The lowest BCUT2D eigenvalue weighted by atomic mass is 10.2. The number of halogens is 3. The van der Waals surface area contributed by atoms with E-state index in [9.17, 15) is 18.4 Å². The van der Waals surface area contributed by atoms with Gasteiger partial charge in [-0.25, -0.2) is 19.1 Å². The van der Waals surface area contributed by atoms with Crippen molar-refractivity contribution in [2.24, 2.45) is 0 Å². The smallest absolute Gasteiger partial charge is 0.332 e. The van der Waals surface area contributed by atoms with Crippen molar-refractivity contribution in [1.82, 2.24) is 5.48 Å². The average molecular weight is 266 g/mol. The van der Waals surface area contributed by atoms with E-state index in [4.69, 9.17) is 16.7 Å². The Kier molecular flexibility index (Phi) is 4.36. The molecule has 0 radical (unpaired) electrons. The van der Waals surface area contributed by atoms with Crippen LogP contribution in [0.5, 0.6) is 0 Å². The van der Waals surface area contributed by atoms with Crippen LogP contribution in [0.2, 0.25) is 5.02 Å². The molecule has 0 aliphatic carbocycles. The standard InChI is InChI=1S/C9H6ClF2NO4/c10-5-2-6(11)4(1-7(5)12)9(16)13-17-3-8(14)15/h1-2H,3H2,(H,13,16)(H,14,15). The topological polar surface area (TPSA) is 75.6 Å². The van der Waals surface area contributed by atoms with Gasteiger partial charge in [0.05, 0.1) is 10.6 Å². The van der Waals surface area contributed by atoms with Crippen LogP contribution in [0.15, 0.2) is 12.1 Å². The number of hydrogen-bond acceptors (Lipinski definition) is 3. The van der Waals surface area contributed by atoms with Gasteiger partial charge in [0.2, 0.25) is 0 Å². The third-order valence-electron chi connectivity index (χ3n) is 1.62. The second-order valence-electron chi connectivity index (χ2n) is 2.86. The van der Waals surface area contributed by atoms with Crippen molar-refractivity contribution in [3.05, 3.63) is 34.4 Å². The number of carbonyl (C=O) groups is 2. The van der Waals surface area contributed by atoms with E-state index in [1.54, 1.807) is 5.48 Å². The maximum absolute atomic E-state index is 13.2. The molecule has 0 spiro atoms. The summed E-state index contributed by atoms with van der Waals surface area (Å²) in [4.78, 5) is 25.5. The predicted molar refractivity (Wildman–Crippen MR) is 52.4 cm³/mol. The van der Waals surface area contributed by atoms with E-state index in [1.807, 2.05) is 0 Å². The molecule has 0 bridgehead atoms. The maximum Gasteiger partial charge on any atom is 0.332 e. The molecule has 0 heterocycles. The third-order valence-corrected chi connectivity index (χ3v) is 1.90. The Hall–Kier alpha value is -1.73. The Morgan fingerprint density at radius 2 is 2.00 bits per heavy atom. The van der Waals surface area contributed by atoms with Crippen LogP contribution in [0, 0.1) is 11.6 Å². The molecular weight excluding hydrogens is 260 g/mol. The number of hydroxylamine groups is 1. The molecule has 0 saturated heterocycles. The van der Waals surface area contributed by atoms with Crippen molar-refractivity contribution in [2.45, 2.75) is 0 Å². The van der Waals surface area contributed by atoms with Gasteiger partial charge >= 0.3 is 5.97 Å². The predicted octanol–water partition coefficient (Wildman–Crippen LogP) is 1.36. The highest BCUT2D eigenvalue weighted by atomic mass is 35.5. The SMILES string of the molecule is O=C(O)CONC(=O)c1cc(F)c(Cl)cc1F. The molecule has 1 aromatic carbocycles. The summed E-state index contributed by atoms with van der Waals surface area (Å²) in [5, 5.41) is 7.74. The number of benzene rings is 1. The molecule has 0 fully saturated rings. The number of carbonyl (C=O) groups excluding carboxylic acids is 1. The van der Waals surface area contributed by atoms with Crippen LogP contribution in [-0.2, 0) is 9.63 Å². The summed E-state index contributed by atoms with van der Waals surface area (Å²) in [6.07, 6.45) is 0. The van der Waals surface area contributed by atoms with Gasteiger partial charge in [-0.05, 0) is 12.1 Å². The van der Waals surface area contributed by atoms with Crippen molar-refractivity contribution in [3.8, 4) is 0 Å². The summed E-state index contributed by atoms with van der Waals surface area (Å²) in [6.45, 7) is -0.802. The Balaban J connectivity index is 2.75. The molecule has 5 nitrogen and oxygen atoms in total. The van der Waals surface area contributed by atoms with Crippen molar-refractivity contribution in [1.29, 1.82) is 0 Å². The molecule has 0 aliphatic heterocycles. The largest absolute Gasteiger partial charge is 0.479 e. The number of nitrogens with one attached hydrogen (secondary N) is 1. The van der Waals surface area contributed by atoms with Gasteiger partial charge in [0.25, 0.3) is 5.91 Å². The second-order valence-corrected chi connectivity index (χ2v) is 3.27. The first-order chi connectivity index (χ1) is 7.91. The number of rotatable bonds is 4. The number of amides is 1. The molecule has 92 valence electrons. The number of carboxylic acids is 1. The van der Waals surface area contributed by atoms with E-state index in [1.165, 1.54) is 0 Å². The lowest BCUT2D eigenvalue weighted by Gasteiger charge is -2.05. The summed E-state index contributed by atoms with van der Waals surface area (Å²) in [5.74, 6) is -4.46. The fourth-order valence-electron chi connectivity index (χ4n) is 0.915. The maximum atomic E-state index is 13.2. The third kappa shape index (κ3) is 3.65. The Morgan fingerprint density at radius 3 is 2.59 bits per heavy atom. The molecule has 0 aromatic heterocycles. The van der Waals surface area contributed by atoms with Crippen LogP contribution in [0.3, 0.4) is 0 Å². The van der Waals surface area contributed by atoms with E-state index in [0.29, 0.717) is 12.1 Å². The second kappa shape index (κ2) is 5.55. The molecule has 1 rings (SSSR count). The summed E-state index contributed by atoms with van der Waals surface area (Å²) in [7, 11) is 0. The zero-order valence-corrected chi connectivity index (χ0v) is 8.92. The van der Waals surface area contributed by atoms with Crippen molar-refractivity contribution >= 4 is 23.5 Å². The summed E-state index contributed by atoms with van der Waals surface area (Å²) >= 11 is 5.28. The molecule has 0 unspecified atom stereocenters. The minimum atomic E-state index is -1.33. The summed E-state index contributed by atoms with van der Waals surface area (Å²) < 4.78 is 26.1. The van der Waals surface area contributed by atoms with Crippen LogP contribution in [0.1, 0.15) is 10.4 Å². The van der Waals surface area contributed by atoms with Gasteiger partial charge in [-0.1, -0.05) is 11.6 Å². The summed E-state index contributed by atoms with van der Waals surface area (Å²) in [6, 6.07) is 1.21. The zero-order valence-electron chi connectivity index (χ0n) is 8.17. The van der Waals surface area contributed by atoms with Gasteiger partial charge in [-0.2, -0.15) is 0 Å². The van der Waals surface area contributed by atoms with Crippen molar-refractivity contribution < 1.29 is 28.3 Å². The first-order valence-electron chi connectivity index (χ1n) is 4.20. The molecule has 8 heteroatoms. The van der Waals surface area contributed by atoms with Crippen molar-refractivity contribution in [3.63, 3.8) is 0 Å². The zero-order chi connectivity index (χ0) is 13.0. The van der Waals surface area contributed by atoms with Gasteiger partial charge in [-0.3, -0.25) is 9.63 Å². The molecular formula is C9H6ClF2NO4. The van der Waals surface area contributed by atoms with Gasteiger partial charge in [0.15, 0.2) is 6.61 Å². The molecule has 2 N–H and O–H groups in total. The monoisotopic (exact) mass is 265 g/mol.